The molecule has 1 aliphatic carbocycles. The quantitative estimate of drug-likeness (QED) is 0.214. The summed E-state index contributed by atoms with van der Waals surface area (Å²) < 4.78 is 37.9. The number of rotatable bonds is 9. The minimum atomic E-state index is -2.78. The van der Waals surface area contributed by atoms with E-state index in [9.17, 15) is 28.5 Å². The van der Waals surface area contributed by atoms with Gasteiger partial charge in [0.25, 0.3) is 23.9 Å². The fourth-order valence-electron chi connectivity index (χ4n) is 3.84. The second-order valence-electron chi connectivity index (χ2n) is 8.32. The van der Waals surface area contributed by atoms with Crippen LogP contribution in [0.5, 0.6) is 5.75 Å². The molecule has 190 valence electrons. The standard InChI is InChI=1S/C24H18F2N4O6S/c25-21(26)16-9-15(11-1-2-11)18-19(20(22(27)31)37-24(18)28-16)29-23(32)17-8-7-14(36-17)10-35-13-5-3-12(4-6-13)30(33)34/h3-9,11,21H,1-2,10H2,(H2,27,31)(H,29,32). The predicted octanol–water partition coefficient (Wildman–Crippen LogP) is 5.54. The van der Waals surface area contributed by atoms with E-state index in [-0.39, 0.29) is 39.4 Å². The third-order valence-corrected chi connectivity index (χ3v) is 6.83. The number of halogens is 2. The van der Waals surface area contributed by atoms with E-state index in [2.05, 4.69) is 10.3 Å². The van der Waals surface area contributed by atoms with E-state index in [1.165, 1.54) is 42.5 Å². The van der Waals surface area contributed by atoms with Crippen molar-refractivity contribution in [2.45, 2.75) is 31.8 Å². The van der Waals surface area contributed by atoms with E-state index >= 15 is 0 Å². The third kappa shape index (κ3) is 4.98. The Morgan fingerprint density at radius 3 is 2.59 bits per heavy atom. The molecule has 3 N–H and O–H groups in total. The molecule has 1 aliphatic rings. The Morgan fingerprint density at radius 2 is 1.97 bits per heavy atom. The lowest BCUT2D eigenvalue weighted by atomic mass is 10.0. The zero-order valence-electron chi connectivity index (χ0n) is 18.9. The maximum absolute atomic E-state index is 13.4. The molecule has 1 aromatic carbocycles. The molecule has 4 aromatic rings. The van der Waals surface area contributed by atoms with Gasteiger partial charge in [-0.05, 0) is 54.7 Å². The van der Waals surface area contributed by atoms with E-state index in [1.54, 1.807) is 0 Å². The van der Waals surface area contributed by atoms with Crippen LogP contribution in [0.1, 0.15) is 62.4 Å². The summed E-state index contributed by atoms with van der Waals surface area (Å²) in [6.07, 6.45) is -1.19. The molecule has 0 spiro atoms. The lowest BCUT2D eigenvalue weighted by Crippen LogP contribution is -2.16. The first kappa shape index (κ1) is 24.3. The number of alkyl halides is 2. The first-order chi connectivity index (χ1) is 17.7. The molecule has 2 amide bonds. The first-order valence-electron chi connectivity index (χ1n) is 11.0. The van der Waals surface area contributed by atoms with E-state index in [1.807, 2.05) is 0 Å². The predicted molar refractivity (Wildman–Crippen MR) is 129 cm³/mol. The van der Waals surface area contributed by atoms with Gasteiger partial charge in [0.05, 0.1) is 10.6 Å². The highest BCUT2D eigenvalue weighted by molar-refractivity contribution is 7.21. The maximum Gasteiger partial charge on any atom is 0.291 e. The molecular formula is C24H18F2N4O6S. The molecule has 0 bridgehead atoms. The van der Waals surface area contributed by atoms with Crippen molar-refractivity contribution in [2.24, 2.45) is 5.73 Å². The number of furan rings is 1. The van der Waals surface area contributed by atoms with Crippen LogP contribution in [0.4, 0.5) is 20.2 Å². The van der Waals surface area contributed by atoms with E-state index in [0.29, 0.717) is 22.5 Å². The number of carbonyl (C=O) groups excluding carboxylic acids is 2. The molecule has 10 nitrogen and oxygen atoms in total. The minimum absolute atomic E-state index is 0.00236. The highest BCUT2D eigenvalue weighted by Gasteiger charge is 2.32. The monoisotopic (exact) mass is 528 g/mol. The van der Waals surface area contributed by atoms with Crippen molar-refractivity contribution in [3.63, 3.8) is 0 Å². The van der Waals surface area contributed by atoms with Gasteiger partial charge in [0, 0.05) is 17.5 Å². The number of thiophene rings is 1. The molecule has 1 fully saturated rings. The van der Waals surface area contributed by atoms with Gasteiger partial charge in [0.15, 0.2) is 5.76 Å². The molecular weight excluding hydrogens is 510 g/mol. The number of nitrogens with zero attached hydrogens (tertiary/aromatic N) is 2. The number of nitro benzene ring substituents is 1. The highest BCUT2D eigenvalue weighted by Crippen LogP contribution is 2.48. The number of nitrogens with one attached hydrogen (secondary N) is 1. The summed E-state index contributed by atoms with van der Waals surface area (Å²) >= 11 is 0.847. The molecule has 37 heavy (non-hydrogen) atoms. The number of benzene rings is 1. The molecule has 1 saturated carbocycles. The fourth-order valence-corrected chi connectivity index (χ4v) is 4.86. The number of primary amides is 1. The van der Waals surface area contributed by atoms with Crippen LogP contribution in [0.15, 0.2) is 46.9 Å². The summed E-state index contributed by atoms with van der Waals surface area (Å²) in [6, 6.07) is 9.72. The van der Waals surface area contributed by atoms with Crippen molar-refractivity contribution in [1.82, 2.24) is 4.98 Å². The summed E-state index contributed by atoms with van der Waals surface area (Å²) in [7, 11) is 0. The summed E-state index contributed by atoms with van der Waals surface area (Å²) in [4.78, 5) is 39.5. The van der Waals surface area contributed by atoms with Gasteiger partial charge in [0.1, 0.15) is 33.5 Å². The molecule has 0 aliphatic heterocycles. The van der Waals surface area contributed by atoms with Gasteiger partial charge < -0.3 is 20.2 Å². The van der Waals surface area contributed by atoms with Crippen molar-refractivity contribution in [1.29, 1.82) is 0 Å². The smallest absolute Gasteiger partial charge is 0.291 e. The van der Waals surface area contributed by atoms with Gasteiger partial charge in [0.2, 0.25) is 0 Å². The van der Waals surface area contributed by atoms with Gasteiger partial charge in [-0.25, -0.2) is 13.8 Å². The number of hydrogen-bond donors (Lipinski definition) is 2. The molecule has 0 saturated heterocycles. The topological polar surface area (TPSA) is 151 Å². The summed E-state index contributed by atoms with van der Waals surface area (Å²) in [6.45, 7) is -0.0504. The first-order valence-corrected chi connectivity index (χ1v) is 11.9. The SMILES string of the molecule is NC(=O)c1sc2nc(C(F)F)cc(C3CC3)c2c1NC(=O)c1ccc(COc2ccc([N+](=O)[O-])cc2)o1. The Labute approximate surface area is 211 Å². The number of carbonyl (C=O) groups is 2. The van der Waals surface area contributed by atoms with Crippen LogP contribution in [-0.2, 0) is 6.61 Å². The zero-order chi connectivity index (χ0) is 26.3. The highest BCUT2D eigenvalue weighted by atomic mass is 32.1. The van der Waals surface area contributed by atoms with Crippen molar-refractivity contribution in [3.05, 3.63) is 80.2 Å². The van der Waals surface area contributed by atoms with Crippen molar-refractivity contribution in [3.8, 4) is 5.75 Å². The van der Waals surface area contributed by atoms with Gasteiger partial charge in [-0.2, -0.15) is 0 Å². The van der Waals surface area contributed by atoms with Crippen molar-refractivity contribution >= 4 is 44.7 Å². The molecule has 13 heteroatoms. The Morgan fingerprint density at radius 1 is 1.24 bits per heavy atom. The van der Waals surface area contributed by atoms with Gasteiger partial charge in [-0.1, -0.05) is 0 Å². The number of aromatic nitrogens is 1. The number of nitrogens with two attached hydrogens (primary N) is 1. The third-order valence-electron chi connectivity index (χ3n) is 5.73. The summed E-state index contributed by atoms with van der Waals surface area (Å²) in [5.74, 6) is -0.885. The number of amides is 2. The average Bonchev–Trinajstić information content (AvgIpc) is 3.49. The molecule has 0 unspecified atom stereocenters. The van der Waals surface area contributed by atoms with Gasteiger partial charge in [-0.3, -0.25) is 19.7 Å². The Bertz CT molecular complexity index is 1530. The lowest BCUT2D eigenvalue weighted by molar-refractivity contribution is -0.384. The molecule has 5 rings (SSSR count). The molecule has 3 heterocycles. The number of ether oxygens (including phenoxy) is 1. The minimum Gasteiger partial charge on any atom is -0.486 e. The number of anilines is 1. The maximum atomic E-state index is 13.4. The number of non-ortho nitro benzene ring substituents is 1. The van der Waals surface area contributed by atoms with Crippen LogP contribution in [0.2, 0.25) is 0 Å². The normalized spacial score (nSPS) is 13.2. The number of fused-ring (bicyclic) bond motifs is 1. The van der Waals surface area contributed by atoms with Crippen LogP contribution in [0, 0.1) is 10.1 Å². The number of nitro groups is 1. The van der Waals surface area contributed by atoms with E-state index in [4.69, 9.17) is 14.9 Å². The Kier molecular flexibility index (Phi) is 6.29. The number of pyridine rings is 1. The Hall–Kier alpha value is -4.39. The Balaban J connectivity index is 1.38. The van der Waals surface area contributed by atoms with Gasteiger partial charge in [-0.15, -0.1) is 11.3 Å². The molecule has 3 aromatic heterocycles. The molecule has 0 atom stereocenters. The van der Waals surface area contributed by atoms with Crippen LogP contribution in [-0.4, -0.2) is 21.7 Å². The van der Waals surface area contributed by atoms with Crippen LogP contribution >= 0.6 is 11.3 Å². The van der Waals surface area contributed by atoms with Crippen LogP contribution in [0.3, 0.4) is 0 Å². The second-order valence-corrected chi connectivity index (χ2v) is 9.32. The van der Waals surface area contributed by atoms with Crippen LogP contribution in [0.25, 0.3) is 10.2 Å². The van der Waals surface area contributed by atoms with E-state index in [0.717, 1.165) is 24.2 Å². The second kappa shape index (κ2) is 9.58. The summed E-state index contributed by atoms with van der Waals surface area (Å²) in [5, 5.41) is 13.8. The van der Waals surface area contributed by atoms with Crippen molar-refractivity contribution < 1.29 is 32.4 Å². The zero-order valence-corrected chi connectivity index (χ0v) is 19.7. The molecule has 0 radical (unpaired) electrons. The van der Waals surface area contributed by atoms with E-state index < -0.39 is 28.9 Å². The largest absolute Gasteiger partial charge is 0.486 e. The average molecular weight is 528 g/mol. The fraction of sp³-hybridized carbons (Fsp3) is 0.208. The lowest BCUT2D eigenvalue weighted by Gasteiger charge is -2.09. The summed E-state index contributed by atoms with van der Waals surface area (Å²) in [5.41, 5.74) is 5.76. The van der Waals surface area contributed by atoms with Gasteiger partial charge >= 0.3 is 0 Å². The van der Waals surface area contributed by atoms with Crippen LogP contribution < -0.4 is 15.8 Å². The van der Waals surface area contributed by atoms with Crippen molar-refractivity contribution in [2.75, 3.05) is 5.32 Å². The number of hydrogen-bond acceptors (Lipinski definition) is 8.